The van der Waals surface area contributed by atoms with Crippen LogP contribution in [0.2, 0.25) is 0 Å². The summed E-state index contributed by atoms with van der Waals surface area (Å²) >= 11 is 1.24. The van der Waals surface area contributed by atoms with Crippen molar-refractivity contribution in [3.8, 4) is 5.75 Å². The summed E-state index contributed by atoms with van der Waals surface area (Å²) in [4.78, 5) is 3.88. The Morgan fingerprint density at radius 2 is 2.00 bits per heavy atom. The summed E-state index contributed by atoms with van der Waals surface area (Å²) in [6.45, 7) is 1.66. The van der Waals surface area contributed by atoms with Gasteiger partial charge in [-0.1, -0.05) is 0 Å². The van der Waals surface area contributed by atoms with E-state index in [-0.39, 0.29) is 6.54 Å². The molecule has 2 aromatic rings. The second kappa shape index (κ2) is 6.10. The number of benzene rings is 1. The van der Waals surface area contributed by atoms with Gasteiger partial charge in [-0.05, 0) is 25.1 Å². The van der Waals surface area contributed by atoms with Gasteiger partial charge < -0.3 is 5.11 Å². The number of rotatable bonds is 4. The van der Waals surface area contributed by atoms with Crippen molar-refractivity contribution in [2.75, 3.05) is 7.05 Å². The van der Waals surface area contributed by atoms with Gasteiger partial charge in [0.1, 0.15) is 10.6 Å². The van der Waals surface area contributed by atoms with Gasteiger partial charge in [0, 0.05) is 18.5 Å². The quantitative estimate of drug-likeness (QED) is 0.903. The van der Waals surface area contributed by atoms with E-state index in [0.717, 1.165) is 10.4 Å². The molecular formula is C13H13F3N2O3S2. The van der Waals surface area contributed by atoms with E-state index in [1.165, 1.54) is 18.4 Å². The molecule has 126 valence electrons. The van der Waals surface area contributed by atoms with Crippen LogP contribution in [0.3, 0.4) is 0 Å². The highest BCUT2D eigenvalue weighted by Gasteiger charge is 2.34. The lowest BCUT2D eigenvalue weighted by Gasteiger charge is -2.18. The molecule has 23 heavy (non-hydrogen) atoms. The molecule has 0 aliphatic rings. The molecule has 0 saturated carbocycles. The van der Waals surface area contributed by atoms with Crippen molar-refractivity contribution >= 4 is 21.4 Å². The minimum Gasteiger partial charge on any atom is -0.507 e. The number of alkyl halides is 3. The SMILES string of the molecule is Cc1ncsc1CN(C)S(=O)(=O)c1cc(C(F)(F)F)ccc1O. The molecule has 0 fully saturated rings. The number of phenols is 1. The van der Waals surface area contributed by atoms with Crippen LogP contribution in [0.1, 0.15) is 16.1 Å². The number of hydrogen-bond donors (Lipinski definition) is 1. The van der Waals surface area contributed by atoms with Gasteiger partial charge in [0.15, 0.2) is 0 Å². The van der Waals surface area contributed by atoms with Gasteiger partial charge in [-0.15, -0.1) is 11.3 Å². The molecule has 0 unspecified atom stereocenters. The predicted molar refractivity (Wildman–Crippen MR) is 78.6 cm³/mol. The molecule has 0 radical (unpaired) electrons. The number of sulfonamides is 1. The zero-order chi connectivity index (χ0) is 17.4. The number of hydrogen-bond acceptors (Lipinski definition) is 5. The van der Waals surface area contributed by atoms with E-state index in [2.05, 4.69) is 4.98 Å². The summed E-state index contributed by atoms with van der Waals surface area (Å²) in [5.41, 5.74) is 1.05. The van der Waals surface area contributed by atoms with Crippen LogP contribution in [0, 0.1) is 6.92 Å². The van der Waals surface area contributed by atoms with E-state index in [4.69, 9.17) is 0 Å². The molecule has 2 rings (SSSR count). The minimum atomic E-state index is -4.70. The third-order valence-electron chi connectivity index (χ3n) is 3.19. The summed E-state index contributed by atoms with van der Waals surface area (Å²) in [7, 11) is -3.05. The monoisotopic (exact) mass is 366 g/mol. The van der Waals surface area contributed by atoms with Crippen LogP contribution in [0.5, 0.6) is 5.75 Å². The Kier molecular flexibility index (Phi) is 4.69. The second-order valence-electron chi connectivity index (χ2n) is 4.80. The maximum atomic E-state index is 12.8. The van der Waals surface area contributed by atoms with E-state index < -0.39 is 32.4 Å². The van der Waals surface area contributed by atoms with Crippen LogP contribution in [0.4, 0.5) is 13.2 Å². The lowest BCUT2D eigenvalue weighted by Crippen LogP contribution is -2.27. The standard InChI is InChI=1S/C13H13F3N2O3S2/c1-8-11(22-7-17-8)6-18(2)23(20,21)12-5-9(13(14,15)16)3-4-10(12)19/h3-5,7,19H,6H2,1-2H3. The van der Waals surface area contributed by atoms with Crippen LogP contribution in [0.15, 0.2) is 28.6 Å². The van der Waals surface area contributed by atoms with Gasteiger partial charge in [-0.25, -0.2) is 13.4 Å². The van der Waals surface area contributed by atoms with Crippen LogP contribution in [0.25, 0.3) is 0 Å². The molecule has 0 spiro atoms. The molecule has 1 aromatic carbocycles. The second-order valence-corrected chi connectivity index (χ2v) is 7.75. The first-order valence-corrected chi connectivity index (χ1v) is 8.61. The number of aryl methyl sites for hydroxylation is 1. The number of nitrogens with zero attached hydrogens (tertiary/aromatic N) is 2. The van der Waals surface area contributed by atoms with Crippen LogP contribution >= 0.6 is 11.3 Å². The van der Waals surface area contributed by atoms with Crippen molar-refractivity contribution in [1.82, 2.24) is 9.29 Å². The number of phenolic OH excluding ortho intramolecular Hbond substituents is 1. The van der Waals surface area contributed by atoms with Crippen molar-refractivity contribution in [1.29, 1.82) is 0 Å². The van der Waals surface area contributed by atoms with E-state index in [9.17, 15) is 26.7 Å². The Morgan fingerprint density at radius 1 is 1.35 bits per heavy atom. The van der Waals surface area contributed by atoms with E-state index in [1.54, 1.807) is 12.4 Å². The zero-order valence-corrected chi connectivity index (χ0v) is 13.8. The van der Waals surface area contributed by atoms with Crippen molar-refractivity contribution in [3.05, 3.63) is 39.8 Å². The third-order valence-corrected chi connectivity index (χ3v) is 5.94. The number of thiazole rings is 1. The molecule has 5 nitrogen and oxygen atoms in total. The topological polar surface area (TPSA) is 70.5 Å². The number of halogens is 3. The van der Waals surface area contributed by atoms with Gasteiger partial charge in [-0.3, -0.25) is 0 Å². The van der Waals surface area contributed by atoms with E-state index in [0.29, 0.717) is 22.7 Å². The molecular weight excluding hydrogens is 353 g/mol. The highest BCUT2D eigenvalue weighted by atomic mass is 32.2. The highest BCUT2D eigenvalue weighted by molar-refractivity contribution is 7.89. The minimum absolute atomic E-state index is 0.0471. The Labute approximate surface area is 135 Å². The maximum absolute atomic E-state index is 12.8. The molecule has 10 heteroatoms. The fourth-order valence-corrected chi connectivity index (χ4v) is 3.98. The molecule has 1 N–H and O–H groups in total. The first kappa shape index (κ1) is 17.7. The van der Waals surface area contributed by atoms with Gasteiger partial charge in [0.25, 0.3) is 0 Å². The molecule has 0 aliphatic carbocycles. The Hall–Kier alpha value is -1.65. The Balaban J connectivity index is 2.41. The fourth-order valence-electron chi connectivity index (χ4n) is 1.83. The lowest BCUT2D eigenvalue weighted by atomic mass is 10.2. The molecule has 1 heterocycles. The largest absolute Gasteiger partial charge is 0.507 e. The summed E-state index contributed by atoms with van der Waals surface area (Å²) in [5, 5.41) is 9.68. The molecule has 0 amide bonds. The number of aromatic nitrogens is 1. The maximum Gasteiger partial charge on any atom is 0.416 e. The van der Waals surface area contributed by atoms with Crippen molar-refractivity contribution in [3.63, 3.8) is 0 Å². The molecule has 0 saturated heterocycles. The summed E-state index contributed by atoms with van der Waals surface area (Å²) in [5.74, 6) is -0.731. The van der Waals surface area contributed by atoms with E-state index in [1.807, 2.05) is 0 Å². The lowest BCUT2D eigenvalue weighted by molar-refractivity contribution is -0.137. The van der Waals surface area contributed by atoms with Gasteiger partial charge in [0.05, 0.1) is 16.8 Å². The molecule has 1 aromatic heterocycles. The molecule has 0 atom stereocenters. The van der Waals surface area contributed by atoms with Gasteiger partial charge in [-0.2, -0.15) is 17.5 Å². The van der Waals surface area contributed by atoms with Crippen LogP contribution < -0.4 is 0 Å². The zero-order valence-electron chi connectivity index (χ0n) is 12.1. The highest BCUT2D eigenvalue weighted by Crippen LogP contribution is 2.35. The predicted octanol–water partition coefficient (Wildman–Crippen LogP) is 3.00. The van der Waals surface area contributed by atoms with Crippen molar-refractivity contribution in [2.45, 2.75) is 24.5 Å². The average Bonchev–Trinajstić information content (AvgIpc) is 2.83. The molecule has 0 aliphatic heterocycles. The summed E-state index contributed by atoms with van der Waals surface area (Å²) in [6, 6.07) is 1.78. The number of aromatic hydroxyl groups is 1. The van der Waals surface area contributed by atoms with Gasteiger partial charge in [0.2, 0.25) is 10.0 Å². The van der Waals surface area contributed by atoms with Crippen LogP contribution in [-0.2, 0) is 22.7 Å². The van der Waals surface area contributed by atoms with Crippen LogP contribution in [-0.4, -0.2) is 29.9 Å². The normalized spacial score (nSPS) is 12.8. The van der Waals surface area contributed by atoms with Crippen molar-refractivity contribution in [2.24, 2.45) is 0 Å². The summed E-state index contributed by atoms with van der Waals surface area (Å²) in [6.07, 6.45) is -4.70. The summed E-state index contributed by atoms with van der Waals surface area (Å²) < 4.78 is 64.0. The average molecular weight is 366 g/mol. The first-order valence-electron chi connectivity index (χ1n) is 6.29. The van der Waals surface area contributed by atoms with Crippen molar-refractivity contribution < 1.29 is 26.7 Å². The Morgan fingerprint density at radius 3 is 2.52 bits per heavy atom. The fraction of sp³-hybridized carbons (Fsp3) is 0.308. The van der Waals surface area contributed by atoms with E-state index >= 15 is 0 Å². The first-order chi connectivity index (χ1) is 10.5. The molecule has 0 bridgehead atoms. The Bertz CT molecular complexity index is 816. The van der Waals surface area contributed by atoms with Gasteiger partial charge >= 0.3 is 6.18 Å². The smallest absolute Gasteiger partial charge is 0.416 e. The third kappa shape index (κ3) is 3.65.